The van der Waals surface area contributed by atoms with E-state index >= 15 is 0 Å². The second kappa shape index (κ2) is 37.8. The monoisotopic (exact) mass is 1000 g/mol. The Kier molecular flexibility index (Phi) is 35.3. The predicted octanol–water partition coefficient (Wildman–Crippen LogP) is 23.0. The van der Waals surface area contributed by atoms with Crippen molar-refractivity contribution in [3.63, 3.8) is 0 Å². The van der Waals surface area contributed by atoms with Crippen LogP contribution in [0.15, 0.2) is 127 Å². The molecule has 0 aliphatic carbocycles. The quantitative estimate of drug-likeness (QED) is 0.0914. The van der Waals surface area contributed by atoms with Crippen LogP contribution in [-0.4, -0.2) is 0 Å². The van der Waals surface area contributed by atoms with E-state index in [0.717, 1.165) is 5.56 Å². The summed E-state index contributed by atoms with van der Waals surface area (Å²) in [5, 5.41) is 0. The summed E-state index contributed by atoms with van der Waals surface area (Å²) in [5.74, 6) is 19.8. The van der Waals surface area contributed by atoms with Gasteiger partial charge in [-0.05, 0) is 116 Å². The van der Waals surface area contributed by atoms with Crippen molar-refractivity contribution in [2.75, 3.05) is 0 Å². The molecular weight excluding hydrogens is 897 g/mol. The molecule has 0 aliphatic rings. The van der Waals surface area contributed by atoms with Crippen LogP contribution in [0.1, 0.15) is 245 Å². The van der Waals surface area contributed by atoms with Crippen LogP contribution in [0.3, 0.4) is 0 Å². The Morgan fingerprint density at radius 2 is 0.630 bits per heavy atom. The second-order valence-electron chi connectivity index (χ2n) is 23.2. The van der Waals surface area contributed by atoms with Crippen molar-refractivity contribution in [1.29, 1.82) is 0 Å². The Bertz CT molecular complexity index is 2270. The minimum absolute atomic E-state index is 0.444. The van der Waals surface area contributed by atoms with Gasteiger partial charge in [-0.1, -0.05) is 287 Å². The highest BCUT2D eigenvalue weighted by Crippen LogP contribution is 2.32. The van der Waals surface area contributed by atoms with E-state index in [0.29, 0.717) is 71.0 Å². The van der Waals surface area contributed by atoms with Gasteiger partial charge in [-0.15, -0.1) is 23.2 Å². The van der Waals surface area contributed by atoms with E-state index < -0.39 is 0 Å². The summed E-state index contributed by atoms with van der Waals surface area (Å²) in [5.41, 5.74) is 10.8. The van der Waals surface area contributed by atoms with Crippen molar-refractivity contribution < 1.29 is 0 Å². The molecule has 0 unspecified atom stereocenters. The predicted molar refractivity (Wildman–Crippen MR) is 335 cm³/mol. The van der Waals surface area contributed by atoms with Gasteiger partial charge >= 0.3 is 0 Å². The van der Waals surface area contributed by atoms with Crippen molar-refractivity contribution in [1.82, 2.24) is 0 Å². The third-order valence-corrected chi connectivity index (χ3v) is 12.7. The first kappa shape index (κ1) is 68.2. The minimum atomic E-state index is 0.444. The van der Waals surface area contributed by atoms with Crippen LogP contribution >= 0.6 is 11.3 Å². The molecule has 0 aliphatic heterocycles. The summed E-state index contributed by atoms with van der Waals surface area (Å²) in [4.78, 5) is 2.84. The van der Waals surface area contributed by atoms with Crippen LogP contribution in [0, 0.1) is 59.2 Å². The molecular formula is C72H106S. The highest BCUT2D eigenvalue weighted by Gasteiger charge is 2.07. The highest BCUT2D eigenvalue weighted by molar-refractivity contribution is 7.15. The molecule has 0 nitrogen and oxygen atoms in total. The Morgan fingerprint density at radius 3 is 0.918 bits per heavy atom. The minimum Gasteiger partial charge on any atom is -0.140 e. The van der Waals surface area contributed by atoms with E-state index in [-0.39, 0.29) is 0 Å². The zero-order valence-electron chi connectivity index (χ0n) is 51.0. The van der Waals surface area contributed by atoms with Gasteiger partial charge in [-0.2, -0.15) is 0 Å². The summed E-state index contributed by atoms with van der Waals surface area (Å²) >= 11 is 1.91. The van der Waals surface area contributed by atoms with E-state index in [1.807, 2.05) is 11.3 Å². The largest absolute Gasteiger partial charge is 0.140 e. The first-order chi connectivity index (χ1) is 34.1. The fourth-order valence-electron chi connectivity index (χ4n) is 6.37. The standard InChI is InChI=1S/C16H20S.C14H20.C14H18.C12H18.C8H16.C8H14/c1-11(2)13-5-7-14(8-6-13)16-10-9-15(17-16)12(3)4;2*1-11(2)5-6-13-7-9-14(10-8-13)12(3)4;1-9(2)11-5-7-12(8-6-11)10(3)4;2*1-7(2)5-6-8(3)4/h5-12H,1-4H3;5-12H,1-4H3;7-12H,1-4H3;5-10H,1-4H3;5-8H,1-4H3;7-8H,1-4H3/b;6-5+;;;6-5+;. The third kappa shape index (κ3) is 33.6. The fourth-order valence-corrected chi connectivity index (χ4v) is 7.38. The van der Waals surface area contributed by atoms with Gasteiger partial charge in [0.2, 0.25) is 0 Å². The van der Waals surface area contributed by atoms with Crippen LogP contribution in [-0.2, 0) is 0 Å². The number of hydrogen-bond donors (Lipinski definition) is 0. The molecule has 0 saturated heterocycles. The Balaban J connectivity index is 0.000000870. The van der Waals surface area contributed by atoms with Gasteiger partial charge in [-0.3, -0.25) is 0 Å². The molecule has 1 aromatic heterocycles. The second-order valence-corrected chi connectivity index (χ2v) is 24.3. The maximum absolute atomic E-state index is 3.16. The van der Waals surface area contributed by atoms with Gasteiger partial charge in [0, 0.05) is 33.1 Å². The average Bonchev–Trinajstić information content (AvgIpc) is 3.84. The van der Waals surface area contributed by atoms with Crippen LogP contribution in [0.4, 0.5) is 0 Å². The summed E-state index contributed by atoms with van der Waals surface area (Å²) < 4.78 is 0. The van der Waals surface area contributed by atoms with Gasteiger partial charge in [0.05, 0.1) is 0 Å². The first-order valence-corrected chi connectivity index (χ1v) is 28.8. The van der Waals surface area contributed by atoms with Crippen molar-refractivity contribution in [2.45, 2.75) is 202 Å². The maximum Gasteiger partial charge on any atom is 0.0345 e. The molecule has 0 amide bonds. The zero-order valence-corrected chi connectivity index (χ0v) is 51.9. The first-order valence-electron chi connectivity index (χ1n) is 28.0. The SMILES string of the molecule is CC(C)/C=C/C(C)C.CC(C)/C=C/c1ccc(C(C)C)cc1.CC(C)C#CC(C)C.CC(C)C#Cc1ccc(C(C)C)cc1.CC(C)c1ccc(-c2ccc(C(C)C)s2)cc1.CC(C)c1ccc(C(C)C)cc1. The molecule has 1 heterocycles. The van der Waals surface area contributed by atoms with E-state index in [2.05, 4.69) is 323 Å². The zero-order chi connectivity index (χ0) is 55.8. The third-order valence-electron chi connectivity index (χ3n) is 11.2. The summed E-state index contributed by atoms with van der Waals surface area (Å²) in [6.45, 7) is 52.5. The van der Waals surface area contributed by atoms with E-state index in [4.69, 9.17) is 0 Å². The van der Waals surface area contributed by atoms with Crippen LogP contribution in [0.25, 0.3) is 16.5 Å². The number of allylic oxidation sites excluding steroid dienone is 3. The molecule has 0 radical (unpaired) electrons. The summed E-state index contributed by atoms with van der Waals surface area (Å²) in [6, 6.07) is 39.7. The molecule has 0 atom stereocenters. The Labute approximate surface area is 457 Å². The van der Waals surface area contributed by atoms with Gasteiger partial charge < -0.3 is 0 Å². The number of hydrogen-bond acceptors (Lipinski definition) is 1. The molecule has 0 N–H and O–H groups in total. The number of rotatable bonds is 11. The number of benzene rings is 4. The summed E-state index contributed by atoms with van der Waals surface area (Å²) in [7, 11) is 0. The molecule has 0 spiro atoms. The molecule has 0 saturated carbocycles. The smallest absolute Gasteiger partial charge is 0.0345 e. The lowest BCUT2D eigenvalue weighted by Crippen LogP contribution is -1.90. The molecule has 0 bridgehead atoms. The Hall–Kier alpha value is -4.82. The number of thiophene rings is 1. The lowest BCUT2D eigenvalue weighted by Gasteiger charge is -2.08. The van der Waals surface area contributed by atoms with Gasteiger partial charge in [0.25, 0.3) is 0 Å². The van der Waals surface area contributed by atoms with Crippen molar-refractivity contribution in [3.05, 3.63) is 171 Å². The van der Waals surface area contributed by atoms with Crippen molar-refractivity contribution >= 4 is 17.4 Å². The molecule has 400 valence electrons. The van der Waals surface area contributed by atoms with Gasteiger partial charge in [0.1, 0.15) is 0 Å². The van der Waals surface area contributed by atoms with Crippen LogP contribution in [0.2, 0.25) is 0 Å². The van der Waals surface area contributed by atoms with Crippen molar-refractivity contribution in [3.8, 4) is 34.1 Å². The van der Waals surface area contributed by atoms with E-state index in [1.165, 1.54) is 48.7 Å². The van der Waals surface area contributed by atoms with Crippen LogP contribution in [0.5, 0.6) is 0 Å². The molecule has 4 aromatic carbocycles. The lowest BCUT2D eigenvalue weighted by atomic mass is 9.97. The van der Waals surface area contributed by atoms with E-state index in [1.54, 1.807) is 0 Å². The van der Waals surface area contributed by atoms with Crippen molar-refractivity contribution in [2.24, 2.45) is 35.5 Å². The highest BCUT2D eigenvalue weighted by atomic mass is 32.1. The fraction of sp³-hybridized carbons (Fsp3) is 0.500. The molecule has 5 rings (SSSR count). The average molecular weight is 1000 g/mol. The molecule has 0 fully saturated rings. The topological polar surface area (TPSA) is 0 Å². The lowest BCUT2D eigenvalue weighted by molar-refractivity contribution is 0.780. The van der Waals surface area contributed by atoms with E-state index in [9.17, 15) is 0 Å². The normalized spacial score (nSPS) is 11.1. The maximum atomic E-state index is 3.16. The van der Waals surface area contributed by atoms with Gasteiger partial charge in [-0.25, -0.2) is 0 Å². The van der Waals surface area contributed by atoms with Crippen LogP contribution < -0.4 is 0 Å². The Morgan fingerprint density at radius 1 is 0.315 bits per heavy atom. The molecule has 5 aromatic rings. The molecule has 73 heavy (non-hydrogen) atoms. The summed E-state index contributed by atoms with van der Waals surface area (Å²) in [6.07, 6.45) is 8.90. The van der Waals surface area contributed by atoms with Gasteiger partial charge in [0.15, 0.2) is 0 Å². The molecule has 1 heteroatoms.